The first-order valence-corrected chi connectivity index (χ1v) is 7.43. The van der Waals surface area contributed by atoms with Crippen molar-refractivity contribution in [1.82, 2.24) is 0 Å². The van der Waals surface area contributed by atoms with Crippen molar-refractivity contribution in [2.75, 3.05) is 18.5 Å². The predicted octanol–water partition coefficient (Wildman–Crippen LogP) is 4.50. The molecule has 0 saturated carbocycles. The molecule has 0 aliphatic carbocycles. The summed E-state index contributed by atoms with van der Waals surface area (Å²) in [5.41, 5.74) is 0.882. The Hall–Kier alpha value is -1.13. The molecule has 0 radical (unpaired) electrons. The molecule has 0 aliphatic heterocycles. The van der Waals surface area contributed by atoms with Gasteiger partial charge in [-0.05, 0) is 36.4 Å². The first-order chi connectivity index (χ1) is 10.0. The van der Waals surface area contributed by atoms with E-state index < -0.39 is 6.10 Å². The smallest absolute Gasteiger partial charge is 0.121 e. The van der Waals surface area contributed by atoms with Gasteiger partial charge in [-0.15, -0.1) is 0 Å². The number of halogens is 3. The van der Waals surface area contributed by atoms with Crippen LogP contribution in [0.4, 0.5) is 5.69 Å². The van der Waals surface area contributed by atoms with Crippen LogP contribution < -0.4 is 10.1 Å². The Morgan fingerprint density at radius 3 is 2.38 bits per heavy atom. The van der Waals surface area contributed by atoms with Crippen LogP contribution in [0.1, 0.15) is 0 Å². The van der Waals surface area contributed by atoms with Gasteiger partial charge in [-0.3, -0.25) is 0 Å². The maximum absolute atomic E-state index is 9.88. The Morgan fingerprint density at radius 2 is 1.71 bits per heavy atom. The first kappa shape index (κ1) is 16.2. The summed E-state index contributed by atoms with van der Waals surface area (Å²) in [5, 5.41) is 14.5. The van der Waals surface area contributed by atoms with Crippen molar-refractivity contribution < 1.29 is 9.84 Å². The van der Waals surface area contributed by atoms with E-state index >= 15 is 0 Å². The summed E-state index contributed by atoms with van der Waals surface area (Å²) >= 11 is 17.5. The topological polar surface area (TPSA) is 41.5 Å². The second-order valence-corrected chi connectivity index (χ2v) is 5.68. The van der Waals surface area contributed by atoms with E-state index in [0.29, 0.717) is 27.4 Å². The standard InChI is InChI=1S/C15H14Cl3NO2/c16-10-1-3-11(4-2-10)19-8-12(20)9-21-13-5-6-14(17)15(18)7-13/h1-7,12,19-20H,8-9H2. The molecule has 3 nitrogen and oxygen atoms in total. The predicted molar refractivity (Wildman–Crippen MR) is 87.9 cm³/mol. The lowest BCUT2D eigenvalue weighted by Crippen LogP contribution is -2.26. The molecule has 0 aromatic heterocycles. The van der Waals surface area contributed by atoms with Crippen molar-refractivity contribution >= 4 is 40.5 Å². The Bertz CT molecular complexity index is 590. The third kappa shape index (κ3) is 5.29. The van der Waals surface area contributed by atoms with Crippen LogP contribution in [0.15, 0.2) is 42.5 Å². The highest BCUT2D eigenvalue weighted by atomic mass is 35.5. The van der Waals surface area contributed by atoms with Gasteiger partial charge in [-0.1, -0.05) is 34.8 Å². The van der Waals surface area contributed by atoms with Crippen molar-refractivity contribution in [3.05, 3.63) is 57.5 Å². The van der Waals surface area contributed by atoms with Gasteiger partial charge < -0.3 is 15.2 Å². The Labute approximate surface area is 138 Å². The van der Waals surface area contributed by atoms with Crippen LogP contribution in [-0.4, -0.2) is 24.4 Å². The molecule has 2 aromatic rings. The molecule has 0 heterocycles. The highest BCUT2D eigenvalue weighted by Crippen LogP contribution is 2.26. The van der Waals surface area contributed by atoms with Crippen LogP contribution in [0.3, 0.4) is 0 Å². The van der Waals surface area contributed by atoms with Crippen molar-refractivity contribution in [3.63, 3.8) is 0 Å². The maximum atomic E-state index is 9.88. The van der Waals surface area contributed by atoms with Gasteiger partial charge in [-0.2, -0.15) is 0 Å². The monoisotopic (exact) mass is 345 g/mol. The van der Waals surface area contributed by atoms with E-state index in [-0.39, 0.29) is 6.61 Å². The lowest BCUT2D eigenvalue weighted by atomic mass is 10.3. The van der Waals surface area contributed by atoms with E-state index in [4.69, 9.17) is 39.5 Å². The van der Waals surface area contributed by atoms with Gasteiger partial charge in [0.2, 0.25) is 0 Å². The highest BCUT2D eigenvalue weighted by molar-refractivity contribution is 6.42. The zero-order valence-corrected chi connectivity index (χ0v) is 13.3. The molecule has 2 N–H and O–H groups in total. The maximum Gasteiger partial charge on any atom is 0.121 e. The number of aliphatic hydroxyl groups is 1. The number of ether oxygens (including phenoxy) is 1. The molecule has 1 atom stereocenters. The van der Waals surface area contributed by atoms with Crippen LogP contribution in [-0.2, 0) is 0 Å². The van der Waals surface area contributed by atoms with E-state index in [1.807, 2.05) is 12.1 Å². The Morgan fingerprint density at radius 1 is 1.00 bits per heavy atom. The molecular weight excluding hydrogens is 333 g/mol. The minimum Gasteiger partial charge on any atom is -0.491 e. The summed E-state index contributed by atoms with van der Waals surface area (Å²) in [5.74, 6) is 0.565. The minimum absolute atomic E-state index is 0.151. The molecule has 112 valence electrons. The van der Waals surface area contributed by atoms with Crippen LogP contribution >= 0.6 is 34.8 Å². The SMILES string of the molecule is OC(CNc1ccc(Cl)cc1)COc1ccc(Cl)c(Cl)c1. The molecule has 6 heteroatoms. The molecule has 0 fully saturated rings. The lowest BCUT2D eigenvalue weighted by molar-refractivity contribution is 0.117. The van der Waals surface area contributed by atoms with Gasteiger partial charge >= 0.3 is 0 Å². The van der Waals surface area contributed by atoms with Crippen molar-refractivity contribution in [2.24, 2.45) is 0 Å². The average Bonchev–Trinajstić information content (AvgIpc) is 2.48. The van der Waals surface area contributed by atoms with Crippen LogP contribution in [0.5, 0.6) is 5.75 Å². The zero-order chi connectivity index (χ0) is 15.2. The molecule has 0 bridgehead atoms. The van der Waals surface area contributed by atoms with Crippen molar-refractivity contribution in [3.8, 4) is 5.75 Å². The van der Waals surface area contributed by atoms with Crippen LogP contribution in [0.2, 0.25) is 15.1 Å². The van der Waals surface area contributed by atoms with Crippen molar-refractivity contribution in [2.45, 2.75) is 6.10 Å². The molecule has 0 aliphatic rings. The lowest BCUT2D eigenvalue weighted by Gasteiger charge is -2.14. The van der Waals surface area contributed by atoms with Gasteiger partial charge in [0.15, 0.2) is 0 Å². The number of aliphatic hydroxyl groups excluding tert-OH is 1. The van der Waals surface area contributed by atoms with E-state index in [9.17, 15) is 5.11 Å². The number of nitrogens with one attached hydrogen (secondary N) is 1. The van der Waals surface area contributed by atoms with Gasteiger partial charge in [0.1, 0.15) is 18.5 Å². The quantitative estimate of drug-likeness (QED) is 0.809. The summed E-state index contributed by atoms with van der Waals surface area (Å²) in [4.78, 5) is 0. The van der Waals surface area contributed by atoms with E-state index in [1.165, 1.54) is 0 Å². The number of hydrogen-bond donors (Lipinski definition) is 2. The second-order valence-electron chi connectivity index (χ2n) is 4.43. The molecule has 0 spiro atoms. The largest absolute Gasteiger partial charge is 0.491 e. The van der Waals surface area contributed by atoms with Crippen LogP contribution in [0, 0.1) is 0 Å². The minimum atomic E-state index is -0.657. The van der Waals surface area contributed by atoms with Gasteiger partial charge in [0.25, 0.3) is 0 Å². The molecule has 2 aromatic carbocycles. The normalized spacial score (nSPS) is 12.0. The third-order valence-electron chi connectivity index (χ3n) is 2.72. The number of rotatable bonds is 6. The Kier molecular flexibility index (Phi) is 6.00. The summed E-state index contributed by atoms with van der Waals surface area (Å²) in [6, 6.07) is 12.2. The summed E-state index contributed by atoms with van der Waals surface area (Å²) < 4.78 is 5.46. The molecule has 0 amide bonds. The fraction of sp³-hybridized carbons (Fsp3) is 0.200. The molecule has 21 heavy (non-hydrogen) atoms. The zero-order valence-electron chi connectivity index (χ0n) is 11.0. The first-order valence-electron chi connectivity index (χ1n) is 6.30. The Balaban J connectivity index is 1.77. The molecule has 2 rings (SSSR count). The van der Waals surface area contributed by atoms with E-state index in [2.05, 4.69) is 5.32 Å². The van der Waals surface area contributed by atoms with Gasteiger partial charge in [0, 0.05) is 23.3 Å². The molecule has 1 unspecified atom stereocenters. The summed E-state index contributed by atoms with van der Waals surface area (Å²) in [6.07, 6.45) is -0.657. The van der Waals surface area contributed by atoms with Gasteiger partial charge in [-0.25, -0.2) is 0 Å². The van der Waals surface area contributed by atoms with Crippen LogP contribution in [0.25, 0.3) is 0 Å². The fourth-order valence-corrected chi connectivity index (χ4v) is 2.04. The molecular formula is C15H14Cl3NO2. The molecule has 0 saturated heterocycles. The average molecular weight is 347 g/mol. The third-order valence-corrected chi connectivity index (χ3v) is 3.71. The van der Waals surface area contributed by atoms with Gasteiger partial charge in [0.05, 0.1) is 10.0 Å². The number of benzene rings is 2. The number of anilines is 1. The summed E-state index contributed by atoms with van der Waals surface area (Å²) in [7, 11) is 0. The second kappa shape index (κ2) is 7.76. The van der Waals surface area contributed by atoms with E-state index in [1.54, 1.807) is 30.3 Å². The number of hydrogen-bond acceptors (Lipinski definition) is 3. The highest BCUT2D eigenvalue weighted by Gasteiger charge is 2.06. The van der Waals surface area contributed by atoms with E-state index in [0.717, 1.165) is 5.69 Å². The summed E-state index contributed by atoms with van der Waals surface area (Å²) in [6.45, 7) is 0.515. The fourth-order valence-electron chi connectivity index (χ4n) is 1.62. The van der Waals surface area contributed by atoms with Crippen molar-refractivity contribution in [1.29, 1.82) is 0 Å².